The number of carbonyl (C=O) groups excluding carboxylic acids is 1. The Hall–Kier alpha value is -1.06. The summed E-state index contributed by atoms with van der Waals surface area (Å²) >= 11 is 0. The van der Waals surface area contributed by atoms with Crippen molar-refractivity contribution in [3.05, 3.63) is 0 Å². The Morgan fingerprint density at radius 3 is 2.81 bits per heavy atom. The fourth-order valence-corrected chi connectivity index (χ4v) is 2.67. The molecular weight excluding hydrogens is 202 g/mol. The van der Waals surface area contributed by atoms with Crippen molar-refractivity contribution < 1.29 is 4.79 Å². The van der Waals surface area contributed by atoms with Gasteiger partial charge in [0, 0.05) is 11.6 Å². The largest absolute Gasteiger partial charge is 0.350 e. The zero-order valence-electron chi connectivity index (χ0n) is 9.74. The Morgan fingerprint density at radius 1 is 1.25 bits per heavy atom. The molecule has 4 heteroatoms. The summed E-state index contributed by atoms with van der Waals surface area (Å²) in [6.07, 6.45) is 10.2. The van der Waals surface area contributed by atoms with Crippen molar-refractivity contribution >= 4 is 11.7 Å². The number of nitrogens with zero attached hydrogens (tertiary/aromatic N) is 1. The number of nitrogens with two attached hydrogens (primary N) is 1. The lowest BCUT2D eigenvalue weighted by molar-refractivity contribution is 0.249. The molecule has 0 spiro atoms. The third kappa shape index (κ3) is 3.22. The van der Waals surface area contributed by atoms with Crippen LogP contribution in [0.3, 0.4) is 0 Å². The maximum atomic E-state index is 10.6. The number of hydrazone groups is 1. The van der Waals surface area contributed by atoms with Crippen LogP contribution >= 0.6 is 0 Å². The smallest absolute Gasteiger partial charge is 0.332 e. The number of rotatable bonds is 1. The number of urea groups is 1. The molecule has 2 saturated carbocycles. The minimum Gasteiger partial charge on any atom is -0.350 e. The van der Waals surface area contributed by atoms with Crippen LogP contribution in [-0.2, 0) is 0 Å². The number of hydrogen-bond acceptors (Lipinski definition) is 2. The van der Waals surface area contributed by atoms with Gasteiger partial charge in [0.2, 0.25) is 0 Å². The van der Waals surface area contributed by atoms with E-state index in [0.29, 0.717) is 5.92 Å². The number of nitrogens with one attached hydrogen (secondary N) is 1. The van der Waals surface area contributed by atoms with E-state index < -0.39 is 6.03 Å². The number of hydrogen-bond donors (Lipinski definition) is 2. The summed E-state index contributed by atoms with van der Waals surface area (Å²) in [6, 6.07) is -0.554. The van der Waals surface area contributed by atoms with Crippen molar-refractivity contribution in [2.75, 3.05) is 0 Å². The fourth-order valence-electron chi connectivity index (χ4n) is 2.67. The van der Waals surface area contributed by atoms with Gasteiger partial charge in [0.1, 0.15) is 0 Å². The molecule has 0 radical (unpaired) electrons. The second-order valence-corrected chi connectivity index (χ2v) is 4.99. The second kappa shape index (κ2) is 5.32. The summed E-state index contributed by atoms with van der Waals surface area (Å²) in [6.45, 7) is 0. The Morgan fingerprint density at radius 2 is 2.00 bits per heavy atom. The van der Waals surface area contributed by atoms with Crippen molar-refractivity contribution in [1.29, 1.82) is 0 Å². The molecule has 0 heterocycles. The van der Waals surface area contributed by atoms with E-state index in [4.69, 9.17) is 5.73 Å². The molecule has 2 amide bonds. The summed E-state index contributed by atoms with van der Waals surface area (Å²) < 4.78 is 0. The summed E-state index contributed by atoms with van der Waals surface area (Å²) in [4.78, 5) is 10.6. The first-order valence-electron chi connectivity index (χ1n) is 6.39. The maximum Gasteiger partial charge on any atom is 0.332 e. The van der Waals surface area contributed by atoms with Crippen LogP contribution in [-0.4, -0.2) is 11.7 Å². The zero-order chi connectivity index (χ0) is 11.4. The van der Waals surface area contributed by atoms with Crippen LogP contribution in [0.25, 0.3) is 0 Å². The molecule has 2 atom stereocenters. The topological polar surface area (TPSA) is 67.5 Å². The number of amides is 2. The quantitative estimate of drug-likeness (QED) is 0.658. The van der Waals surface area contributed by atoms with Gasteiger partial charge in [-0.3, -0.25) is 0 Å². The summed E-state index contributed by atoms with van der Waals surface area (Å²) in [5.41, 5.74) is 8.59. The monoisotopic (exact) mass is 223 g/mol. The molecule has 0 aromatic rings. The van der Waals surface area contributed by atoms with Gasteiger partial charge in [0.25, 0.3) is 0 Å². The van der Waals surface area contributed by atoms with Gasteiger partial charge in [-0.1, -0.05) is 25.7 Å². The molecule has 0 saturated heterocycles. The molecule has 3 N–H and O–H groups in total. The van der Waals surface area contributed by atoms with Gasteiger partial charge in [-0.25, -0.2) is 10.2 Å². The number of carbonyl (C=O) groups is 1. The minimum absolute atomic E-state index is 0.554. The van der Waals surface area contributed by atoms with Crippen molar-refractivity contribution in [1.82, 2.24) is 5.43 Å². The van der Waals surface area contributed by atoms with Gasteiger partial charge in [-0.2, -0.15) is 5.10 Å². The molecule has 0 aliphatic heterocycles. The first-order chi connectivity index (χ1) is 7.77. The molecule has 2 fully saturated rings. The van der Waals surface area contributed by atoms with Crippen LogP contribution < -0.4 is 11.2 Å². The first kappa shape index (κ1) is 11.4. The Kier molecular flexibility index (Phi) is 3.80. The van der Waals surface area contributed by atoms with Crippen LogP contribution in [0, 0.1) is 11.8 Å². The van der Waals surface area contributed by atoms with Crippen LogP contribution in [0.1, 0.15) is 51.4 Å². The lowest BCUT2D eigenvalue weighted by Crippen LogP contribution is -2.26. The van der Waals surface area contributed by atoms with E-state index in [2.05, 4.69) is 10.5 Å². The van der Waals surface area contributed by atoms with Crippen LogP contribution in [0.5, 0.6) is 0 Å². The van der Waals surface area contributed by atoms with Gasteiger partial charge in [0.05, 0.1) is 0 Å². The molecule has 0 aromatic heterocycles. The van der Waals surface area contributed by atoms with E-state index in [9.17, 15) is 4.79 Å². The molecular formula is C12H21N3O. The van der Waals surface area contributed by atoms with E-state index in [1.807, 2.05) is 0 Å². The molecule has 2 rings (SSSR count). The third-order valence-electron chi connectivity index (χ3n) is 3.67. The Labute approximate surface area is 96.7 Å². The minimum atomic E-state index is -0.554. The fraction of sp³-hybridized carbons (Fsp3) is 0.833. The third-order valence-corrected chi connectivity index (χ3v) is 3.67. The summed E-state index contributed by atoms with van der Waals surface area (Å²) in [5, 5.41) is 4.17. The number of primary amides is 1. The van der Waals surface area contributed by atoms with Crippen LogP contribution in [0.4, 0.5) is 4.79 Å². The normalized spacial score (nSPS) is 32.9. The highest BCUT2D eigenvalue weighted by Crippen LogP contribution is 2.45. The molecule has 16 heavy (non-hydrogen) atoms. The van der Waals surface area contributed by atoms with Crippen LogP contribution in [0.2, 0.25) is 0 Å². The highest BCUT2D eigenvalue weighted by Gasteiger charge is 2.40. The molecule has 2 aliphatic rings. The maximum absolute atomic E-state index is 10.6. The van der Waals surface area contributed by atoms with E-state index in [0.717, 1.165) is 12.3 Å². The Balaban J connectivity index is 1.92. The van der Waals surface area contributed by atoms with E-state index in [1.165, 1.54) is 50.7 Å². The molecule has 2 aliphatic carbocycles. The van der Waals surface area contributed by atoms with Gasteiger partial charge >= 0.3 is 6.03 Å². The average molecular weight is 223 g/mol. The molecule has 0 bridgehead atoms. The average Bonchev–Trinajstić information content (AvgIpc) is 3.01. The lowest BCUT2D eigenvalue weighted by Gasteiger charge is -2.09. The zero-order valence-corrected chi connectivity index (χ0v) is 9.74. The second-order valence-electron chi connectivity index (χ2n) is 4.99. The van der Waals surface area contributed by atoms with Crippen molar-refractivity contribution in [3.8, 4) is 0 Å². The SMILES string of the molecule is NC(=O)N/N=C1\CCCCCCC[C@@H]2C[C@H]12. The van der Waals surface area contributed by atoms with Gasteiger partial charge in [-0.15, -0.1) is 0 Å². The highest BCUT2D eigenvalue weighted by atomic mass is 16.2. The van der Waals surface area contributed by atoms with Crippen molar-refractivity contribution in [2.24, 2.45) is 22.7 Å². The van der Waals surface area contributed by atoms with Gasteiger partial charge in [-0.05, 0) is 31.6 Å². The van der Waals surface area contributed by atoms with Crippen molar-refractivity contribution in [3.63, 3.8) is 0 Å². The van der Waals surface area contributed by atoms with Crippen LogP contribution in [0.15, 0.2) is 5.10 Å². The highest BCUT2D eigenvalue weighted by molar-refractivity contribution is 5.90. The lowest BCUT2D eigenvalue weighted by atomic mass is 10.00. The van der Waals surface area contributed by atoms with E-state index >= 15 is 0 Å². The predicted molar refractivity (Wildman–Crippen MR) is 64.1 cm³/mol. The van der Waals surface area contributed by atoms with E-state index in [-0.39, 0.29) is 0 Å². The summed E-state index contributed by atoms with van der Waals surface area (Å²) in [7, 11) is 0. The van der Waals surface area contributed by atoms with Gasteiger partial charge in [0.15, 0.2) is 0 Å². The first-order valence-corrected chi connectivity index (χ1v) is 6.39. The number of fused-ring (bicyclic) bond motifs is 1. The summed E-state index contributed by atoms with van der Waals surface area (Å²) in [5.74, 6) is 1.46. The Bertz CT molecular complexity index is 288. The standard InChI is InChI=1S/C12H21N3O/c13-12(16)15-14-11-7-5-3-1-2-4-6-9-8-10(9)11/h9-10H,1-8H2,(H3,13,15,16)/b14-11+/t9-,10+/m1/s1. The molecule has 4 nitrogen and oxygen atoms in total. The molecule has 0 aromatic carbocycles. The van der Waals surface area contributed by atoms with E-state index in [1.54, 1.807) is 0 Å². The van der Waals surface area contributed by atoms with Gasteiger partial charge < -0.3 is 5.73 Å². The van der Waals surface area contributed by atoms with Crippen molar-refractivity contribution in [2.45, 2.75) is 51.4 Å². The molecule has 90 valence electrons. The molecule has 0 unspecified atom stereocenters. The predicted octanol–water partition coefficient (Wildman–Crippen LogP) is 2.39.